The molecule has 33 heavy (non-hydrogen) atoms. The molecule has 0 saturated heterocycles. The third-order valence-electron chi connectivity index (χ3n) is 5.07. The number of aryl methyl sites for hydroxylation is 3. The van der Waals surface area contributed by atoms with E-state index in [0.29, 0.717) is 22.7 Å². The van der Waals surface area contributed by atoms with E-state index in [2.05, 4.69) is 10.0 Å². The maximum absolute atomic E-state index is 13.1. The van der Waals surface area contributed by atoms with E-state index in [1.807, 2.05) is 38.1 Å². The van der Waals surface area contributed by atoms with Crippen molar-refractivity contribution in [3.63, 3.8) is 0 Å². The molecule has 0 fully saturated rings. The molecule has 0 bridgehead atoms. The van der Waals surface area contributed by atoms with E-state index >= 15 is 0 Å². The molecule has 0 heterocycles. The summed E-state index contributed by atoms with van der Waals surface area (Å²) in [5, 5.41) is 2.75. The minimum atomic E-state index is -3.87. The number of amides is 1. The molecule has 7 nitrogen and oxygen atoms in total. The zero-order chi connectivity index (χ0) is 24.0. The zero-order valence-corrected chi connectivity index (χ0v) is 20.0. The molecule has 8 heteroatoms. The Morgan fingerprint density at radius 1 is 0.909 bits per heavy atom. The standard InChI is InChI=1S/C25H28N2O5S/c1-17-8-9-18(2)23(14-17)27-33(29,30)24-15-20(11-10-19(24)3)25(28)26-12-13-32-22-7-5-6-21(16-22)31-4/h5-11,14-16,27H,12-13H2,1-4H3,(H,26,28). The Morgan fingerprint density at radius 2 is 1.64 bits per heavy atom. The molecule has 0 aliphatic heterocycles. The second-order valence-electron chi connectivity index (χ2n) is 7.69. The van der Waals surface area contributed by atoms with Crippen molar-refractivity contribution in [2.24, 2.45) is 0 Å². The lowest BCUT2D eigenvalue weighted by atomic mass is 10.1. The van der Waals surface area contributed by atoms with Crippen LogP contribution in [0, 0.1) is 20.8 Å². The number of carbonyl (C=O) groups excluding carboxylic acids is 1. The van der Waals surface area contributed by atoms with Crippen LogP contribution in [0.15, 0.2) is 65.6 Å². The van der Waals surface area contributed by atoms with Gasteiger partial charge in [-0.15, -0.1) is 0 Å². The van der Waals surface area contributed by atoms with Gasteiger partial charge in [-0.3, -0.25) is 9.52 Å². The van der Waals surface area contributed by atoms with E-state index in [9.17, 15) is 13.2 Å². The number of hydrogen-bond acceptors (Lipinski definition) is 5. The van der Waals surface area contributed by atoms with E-state index in [0.717, 1.165) is 11.1 Å². The van der Waals surface area contributed by atoms with Crippen molar-refractivity contribution in [1.29, 1.82) is 0 Å². The van der Waals surface area contributed by atoms with Crippen LogP contribution in [-0.4, -0.2) is 34.6 Å². The maximum atomic E-state index is 13.1. The summed E-state index contributed by atoms with van der Waals surface area (Å²) >= 11 is 0. The number of carbonyl (C=O) groups is 1. The fourth-order valence-corrected chi connectivity index (χ4v) is 4.60. The molecule has 3 aromatic rings. The molecule has 0 aliphatic rings. The molecule has 0 spiro atoms. The first-order valence-corrected chi connectivity index (χ1v) is 11.9. The largest absolute Gasteiger partial charge is 0.497 e. The van der Waals surface area contributed by atoms with Gasteiger partial charge in [0.1, 0.15) is 18.1 Å². The van der Waals surface area contributed by atoms with Crippen molar-refractivity contribution in [3.8, 4) is 11.5 Å². The summed E-state index contributed by atoms with van der Waals surface area (Å²) in [5.74, 6) is 0.927. The summed E-state index contributed by atoms with van der Waals surface area (Å²) in [6.45, 7) is 5.94. The van der Waals surface area contributed by atoms with Crippen LogP contribution >= 0.6 is 0 Å². The lowest BCUT2D eigenvalue weighted by molar-refractivity contribution is 0.0946. The second-order valence-corrected chi connectivity index (χ2v) is 9.34. The molecule has 0 aliphatic carbocycles. The van der Waals surface area contributed by atoms with Crippen LogP contribution in [0.2, 0.25) is 0 Å². The highest BCUT2D eigenvalue weighted by Gasteiger charge is 2.20. The van der Waals surface area contributed by atoms with Crippen LogP contribution in [-0.2, 0) is 10.0 Å². The first kappa shape index (κ1) is 24.1. The Bertz CT molecular complexity index is 1260. The Balaban J connectivity index is 1.67. The third-order valence-corrected chi connectivity index (χ3v) is 6.58. The number of anilines is 1. The zero-order valence-electron chi connectivity index (χ0n) is 19.1. The predicted octanol–water partition coefficient (Wildman–Crippen LogP) is 4.23. The number of benzene rings is 3. The van der Waals surface area contributed by atoms with Gasteiger partial charge >= 0.3 is 0 Å². The number of methoxy groups -OCH3 is 1. The van der Waals surface area contributed by atoms with Crippen LogP contribution < -0.4 is 19.5 Å². The molecule has 2 N–H and O–H groups in total. The predicted molar refractivity (Wildman–Crippen MR) is 129 cm³/mol. The number of sulfonamides is 1. The van der Waals surface area contributed by atoms with Gasteiger partial charge in [-0.05, 0) is 67.8 Å². The minimum Gasteiger partial charge on any atom is -0.497 e. The SMILES string of the molecule is COc1cccc(OCCNC(=O)c2ccc(C)c(S(=O)(=O)Nc3cc(C)ccc3C)c2)c1. The van der Waals surface area contributed by atoms with Gasteiger partial charge in [0.25, 0.3) is 15.9 Å². The molecule has 3 rings (SSSR count). The summed E-state index contributed by atoms with van der Waals surface area (Å²) in [4.78, 5) is 12.7. The summed E-state index contributed by atoms with van der Waals surface area (Å²) < 4.78 is 39.5. The molecular weight excluding hydrogens is 440 g/mol. The first-order valence-electron chi connectivity index (χ1n) is 10.5. The fourth-order valence-electron chi connectivity index (χ4n) is 3.20. The van der Waals surface area contributed by atoms with Gasteiger partial charge in [0.2, 0.25) is 0 Å². The Kier molecular flexibility index (Phi) is 7.60. The van der Waals surface area contributed by atoms with Crippen LogP contribution in [0.3, 0.4) is 0 Å². The van der Waals surface area contributed by atoms with Gasteiger partial charge < -0.3 is 14.8 Å². The lowest BCUT2D eigenvalue weighted by Crippen LogP contribution is -2.28. The number of rotatable bonds is 9. The molecule has 0 radical (unpaired) electrons. The fraction of sp³-hybridized carbons (Fsp3) is 0.240. The maximum Gasteiger partial charge on any atom is 0.262 e. The van der Waals surface area contributed by atoms with Gasteiger partial charge in [0.05, 0.1) is 24.2 Å². The highest BCUT2D eigenvalue weighted by Crippen LogP contribution is 2.24. The van der Waals surface area contributed by atoms with Gasteiger partial charge in [-0.2, -0.15) is 0 Å². The molecule has 0 unspecified atom stereocenters. The number of nitrogens with one attached hydrogen (secondary N) is 2. The Hall–Kier alpha value is -3.52. The quantitative estimate of drug-likeness (QED) is 0.459. The molecule has 0 saturated carbocycles. The van der Waals surface area contributed by atoms with Gasteiger partial charge in [-0.1, -0.05) is 24.3 Å². The monoisotopic (exact) mass is 468 g/mol. The van der Waals surface area contributed by atoms with Crippen LogP contribution in [0.1, 0.15) is 27.0 Å². The van der Waals surface area contributed by atoms with E-state index in [4.69, 9.17) is 9.47 Å². The smallest absolute Gasteiger partial charge is 0.262 e. The Morgan fingerprint density at radius 3 is 2.39 bits per heavy atom. The van der Waals surface area contributed by atoms with Crippen LogP contribution in [0.4, 0.5) is 5.69 Å². The van der Waals surface area contributed by atoms with Gasteiger partial charge in [0.15, 0.2) is 0 Å². The highest BCUT2D eigenvalue weighted by molar-refractivity contribution is 7.92. The van der Waals surface area contributed by atoms with Gasteiger partial charge in [-0.25, -0.2) is 8.42 Å². The van der Waals surface area contributed by atoms with E-state index < -0.39 is 10.0 Å². The normalized spacial score (nSPS) is 11.0. The number of ether oxygens (including phenoxy) is 2. The molecule has 0 atom stereocenters. The molecule has 174 valence electrons. The van der Waals surface area contributed by atoms with E-state index in [-0.39, 0.29) is 29.5 Å². The van der Waals surface area contributed by atoms with Gasteiger partial charge in [0, 0.05) is 11.6 Å². The second kappa shape index (κ2) is 10.4. The average Bonchev–Trinajstić information content (AvgIpc) is 2.79. The molecule has 0 aromatic heterocycles. The van der Waals surface area contributed by atoms with Crippen molar-refractivity contribution in [2.45, 2.75) is 25.7 Å². The summed E-state index contributed by atoms with van der Waals surface area (Å²) in [5.41, 5.74) is 3.07. The van der Waals surface area contributed by atoms with Crippen molar-refractivity contribution >= 4 is 21.6 Å². The first-order chi connectivity index (χ1) is 15.7. The van der Waals surface area contributed by atoms with E-state index in [1.165, 1.54) is 6.07 Å². The van der Waals surface area contributed by atoms with Crippen LogP contribution in [0.5, 0.6) is 11.5 Å². The molecular formula is C25H28N2O5S. The summed E-state index contributed by atoms with van der Waals surface area (Å²) in [6, 6.07) is 17.3. The van der Waals surface area contributed by atoms with E-state index in [1.54, 1.807) is 44.4 Å². The Labute approximate surface area is 194 Å². The number of hydrogen-bond donors (Lipinski definition) is 2. The van der Waals surface area contributed by atoms with Crippen molar-refractivity contribution in [2.75, 3.05) is 25.0 Å². The topological polar surface area (TPSA) is 93.7 Å². The summed E-state index contributed by atoms with van der Waals surface area (Å²) in [6.07, 6.45) is 0. The third kappa shape index (κ3) is 6.26. The minimum absolute atomic E-state index is 0.0590. The van der Waals surface area contributed by atoms with Crippen molar-refractivity contribution in [3.05, 3.63) is 82.9 Å². The summed E-state index contributed by atoms with van der Waals surface area (Å²) in [7, 11) is -2.30. The molecule has 1 amide bonds. The van der Waals surface area contributed by atoms with Crippen molar-refractivity contribution < 1.29 is 22.7 Å². The highest BCUT2D eigenvalue weighted by atomic mass is 32.2. The van der Waals surface area contributed by atoms with Crippen molar-refractivity contribution in [1.82, 2.24) is 5.32 Å². The molecule has 3 aromatic carbocycles. The average molecular weight is 469 g/mol. The lowest BCUT2D eigenvalue weighted by Gasteiger charge is -2.14. The van der Waals surface area contributed by atoms with Crippen LogP contribution in [0.25, 0.3) is 0 Å².